The highest BCUT2D eigenvalue weighted by molar-refractivity contribution is 8.03. The number of carbonyl (C=O) groups excluding carboxylic acids is 2. The maximum absolute atomic E-state index is 14.7. The van der Waals surface area contributed by atoms with Crippen molar-refractivity contribution in [2.75, 3.05) is 32.4 Å². The summed E-state index contributed by atoms with van der Waals surface area (Å²) >= 11 is 7.56. The number of rotatable bonds is 10. The quantitative estimate of drug-likeness (QED) is 0.160. The van der Waals surface area contributed by atoms with E-state index in [0.29, 0.717) is 6.29 Å². The molecule has 1 aliphatic rings. The lowest BCUT2D eigenvalue weighted by Gasteiger charge is -2.30. The highest BCUT2D eigenvalue weighted by Gasteiger charge is 2.41. The van der Waals surface area contributed by atoms with Crippen LogP contribution >= 0.6 is 23.4 Å². The molecule has 1 aliphatic heterocycles. The zero-order valence-electron chi connectivity index (χ0n) is 21.7. The maximum Gasteiger partial charge on any atom is 0.330 e. The van der Waals surface area contributed by atoms with Gasteiger partial charge in [-0.1, -0.05) is 30.0 Å². The molecule has 12 heteroatoms. The lowest BCUT2D eigenvalue weighted by Crippen LogP contribution is -2.41. The molecule has 0 bridgehead atoms. The van der Waals surface area contributed by atoms with Gasteiger partial charge in [0.25, 0.3) is 0 Å². The van der Waals surface area contributed by atoms with Crippen LogP contribution in [0.4, 0.5) is 19.3 Å². The topological polar surface area (TPSA) is 114 Å². The molecular weight excluding hydrogens is 548 g/mol. The fraction of sp³-hybridized carbons (Fsp3) is 0.259. The molecule has 2 amide bonds. The molecule has 0 saturated carbocycles. The van der Waals surface area contributed by atoms with Crippen molar-refractivity contribution in [3.8, 4) is 0 Å². The second kappa shape index (κ2) is 13.4. The minimum absolute atomic E-state index is 0.0247. The van der Waals surface area contributed by atoms with Crippen molar-refractivity contribution in [3.05, 3.63) is 99.7 Å². The third-order valence-electron chi connectivity index (χ3n) is 6.25. The number of methoxy groups -OCH3 is 1. The number of halogens is 3. The SMILES string of the molecule is CNc1ccc(C2SC(N(Cc3c(F)cccc3F)C(=O)N(C)/C(N)=C/C=C(\N)OC)=C(C=O)C2CCl)cc1. The Labute approximate surface area is 235 Å². The number of hydrogen-bond donors (Lipinski definition) is 3. The van der Waals surface area contributed by atoms with Crippen molar-refractivity contribution >= 4 is 41.4 Å². The van der Waals surface area contributed by atoms with Crippen molar-refractivity contribution < 1.29 is 23.1 Å². The van der Waals surface area contributed by atoms with Gasteiger partial charge in [0.2, 0.25) is 0 Å². The first-order valence-corrected chi connectivity index (χ1v) is 13.2. The average molecular weight is 578 g/mol. The van der Waals surface area contributed by atoms with E-state index < -0.39 is 30.1 Å². The summed E-state index contributed by atoms with van der Waals surface area (Å²) in [6.45, 7) is -0.495. The summed E-state index contributed by atoms with van der Waals surface area (Å²) in [6.07, 6.45) is 3.34. The zero-order chi connectivity index (χ0) is 28.7. The smallest absolute Gasteiger partial charge is 0.330 e. The predicted octanol–water partition coefficient (Wildman–Crippen LogP) is 4.86. The number of nitrogens with one attached hydrogen (secondary N) is 1. The van der Waals surface area contributed by atoms with E-state index in [1.54, 1.807) is 7.05 Å². The first-order chi connectivity index (χ1) is 18.7. The van der Waals surface area contributed by atoms with Gasteiger partial charge >= 0.3 is 6.03 Å². The number of anilines is 1. The number of nitrogens with zero attached hydrogens (tertiary/aromatic N) is 2. The van der Waals surface area contributed by atoms with Gasteiger partial charge in [-0.3, -0.25) is 14.6 Å². The fourth-order valence-electron chi connectivity index (χ4n) is 3.96. The number of amides is 2. The van der Waals surface area contributed by atoms with Crippen LogP contribution in [-0.2, 0) is 16.1 Å². The number of aldehydes is 1. The standard InChI is InChI=1S/C27H30ClF2N5O3S/c1-33-17-9-7-16(8-10-17)25-18(13-28)20(15-36)26(39-25)35(14-19-21(29)5-4-6-22(19)30)27(37)34(2)23(31)11-12-24(32)38-3/h4-12,15,18,25,33H,13-14,31-32H2,1-3H3/b23-11+,24-12+. The predicted molar refractivity (Wildman–Crippen MR) is 150 cm³/mol. The van der Waals surface area contributed by atoms with E-state index in [0.717, 1.165) is 33.2 Å². The summed E-state index contributed by atoms with van der Waals surface area (Å²) in [5.74, 6) is -2.02. The molecule has 0 radical (unpaired) electrons. The van der Waals surface area contributed by atoms with Crippen molar-refractivity contribution in [3.63, 3.8) is 0 Å². The first-order valence-electron chi connectivity index (χ1n) is 11.8. The lowest BCUT2D eigenvalue weighted by molar-refractivity contribution is -0.105. The van der Waals surface area contributed by atoms with Crippen LogP contribution in [0.15, 0.2) is 76.9 Å². The maximum atomic E-state index is 14.7. The summed E-state index contributed by atoms with van der Waals surface area (Å²) in [4.78, 5) is 28.4. The van der Waals surface area contributed by atoms with Gasteiger partial charge in [0.15, 0.2) is 5.88 Å². The Hall–Kier alpha value is -3.70. The second-order valence-electron chi connectivity index (χ2n) is 8.54. The summed E-state index contributed by atoms with van der Waals surface area (Å²) in [5.41, 5.74) is 13.4. The molecule has 8 nitrogen and oxygen atoms in total. The Morgan fingerprint density at radius 1 is 1.15 bits per heavy atom. The number of urea groups is 1. The minimum Gasteiger partial charge on any atom is -0.483 e. The first kappa shape index (κ1) is 29.9. The molecule has 39 heavy (non-hydrogen) atoms. The van der Waals surface area contributed by atoms with E-state index in [1.807, 2.05) is 24.3 Å². The molecule has 2 aromatic carbocycles. The molecule has 0 saturated heterocycles. The average Bonchev–Trinajstić information content (AvgIpc) is 3.33. The summed E-state index contributed by atoms with van der Waals surface area (Å²) in [5, 5.41) is 2.95. The second-order valence-corrected chi connectivity index (χ2v) is 9.98. The lowest BCUT2D eigenvalue weighted by atomic mass is 9.94. The summed E-state index contributed by atoms with van der Waals surface area (Å²) < 4.78 is 34.3. The van der Waals surface area contributed by atoms with Crippen LogP contribution in [-0.4, -0.2) is 49.2 Å². The largest absolute Gasteiger partial charge is 0.483 e. The molecule has 0 aromatic heterocycles. The van der Waals surface area contributed by atoms with Gasteiger partial charge in [0.1, 0.15) is 23.7 Å². The third-order valence-corrected chi connectivity index (χ3v) is 8.12. The van der Waals surface area contributed by atoms with Crippen molar-refractivity contribution in [2.24, 2.45) is 17.4 Å². The van der Waals surface area contributed by atoms with Crippen LogP contribution < -0.4 is 16.8 Å². The van der Waals surface area contributed by atoms with E-state index in [-0.39, 0.29) is 39.0 Å². The van der Waals surface area contributed by atoms with E-state index >= 15 is 0 Å². The number of benzene rings is 2. The number of allylic oxidation sites excluding steroid dienone is 3. The number of nitrogens with two attached hydrogens (primary N) is 2. The van der Waals surface area contributed by atoms with Gasteiger partial charge in [0, 0.05) is 54.0 Å². The van der Waals surface area contributed by atoms with Gasteiger partial charge in [-0.25, -0.2) is 13.6 Å². The van der Waals surface area contributed by atoms with Gasteiger partial charge in [-0.2, -0.15) is 0 Å². The Morgan fingerprint density at radius 2 is 1.79 bits per heavy atom. The normalized spacial score (nSPS) is 17.7. The van der Waals surface area contributed by atoms with Crippen LogP contribution in [0.5, 0.6) is 0 Å². The van der Waals surface area contributed by atoms with Gasteiger partial charge < -0.3 is 21.5 Å². The van der Waals surface area contributed by atoms with Gasteiger partial charge in [-0.05, 0) is 35.9 Å². The summed E-state index contributed by atoms with van der Waals surface area (Å²) in [6, 6.07) is 10.3. The van der Waals surface area contributed by atoms with Crippen LogP contribution in [0.3, 0.4) is 0 Å². The molecule has 0 spiro atoms. The molecule has 0 fully saturated rings. The van der Waals surface area contributed by atoms with Crippen molar-refractivity contribution in [1.82, 2.24) is 9.80 Å². The minimum atomic E-state index is -0.834. The molecule has 2 aromatic rings. The monoisotopic (exact) mass is 577 g/mol. The van der Waals surface area contributed by atoms with Crippen molar-refractivity contribution in [1.29, 1.82) is 0 Å². The molecule has 5 N–H and O–H groups in total. The van der Waals surface area contributed by atoms with Gasteiger partial charge in [0.05, 0.1) is 18.7 Å². The van der Waals surface area contributed by atoms with E-state index in [4.69, 9.17) is 27.8 Å². The van der Waals surface area contributed by atoms with E-state index in [1.165, 1.54) is 44.1 Å². The highest BCUT2D eigenvalue weighted by Crippen LogP contribution is 2.53. The number of alkyl halides is 1. The van der Waals surface area contributed by atoms with Crippen LogP contribution in [0, 0.1) is 17.6 Å². The molecular formula is C27H30ClF2N5O3S. The van der Waals surface area contributed by atoms with E-state index in [9.17, 15) is 18.4 Å². The number of carbonyl (C=O) groups is 2. The number of ether oxygens (including phenoxy) is 1. The number of hydrogen-bond acceptors (Lipinski definition) is 7. The summed E-state index contributed by atoms with van der Waals surface area (Å²) in [7, 11) is 4.56. The van der Waals surface area contributed by atoms with Crippen LogP contribution in [0.1, 0.15) is 16.4 Å². The Kier molecular flexibility index (Phi) is 10.2. The Balaban J connectivity index is 2.09. The van der Waals surface area contributed by atoms with E-state index in [2.05, 4.69) is 5.32 Å². The fourth-order valence-corrected chi connectivity index (χ4v) is 5.96. The van der Waals surface area contributed by atoms with Crippen LogP contribution in [0.25, 0.3) is 0 Å². The van der Waals surface area contributed by atoms with Crippen molar-refractivity contribution in [2.45, 2.75) is 11.8 Å². The molecule has 1 heterocycles. The zero-order valence-corrected chi connectivity index (χ0v) is 23.2. The number of thioether (sulfide) groups is 1. The molecule has 0 aliphatic carbocycles. The molecule has 2 atom stereocenters. The highest BCUT2D eigenvalue weighted by atomic mass is 35.5. The molecule has 3 rings (SSSR count). The molecule has 2 unspecified atom stereocenters. The molecule has 208 valence electrons. The van der Waals surface area contributed by atoms with Crippen LogP contribution in [0.2, 0.25) is 0 Å². The van der Waals surface area contributed by atoms with Gasteiger partial charge in [-0.15, -0.1) is 11.6 Å². The Morgan fingerprint density at radius 3 is 2.33 bits per heavy atom. The third kappa shape index (κ3) is 6.66. The Bertz CT molecular complexity index is 1280.